The van der Waals surface area contributed by atoms with Crippen LogP contribution in [0.4, 0.5) is 9.18 Å². The predicted molar refractivity (Wildman–Crippen MR) is 98.3 cm³/mol. The lowest BCUT2D eigenvalue weighted by atomic mass is 10.1. The molecule has 1 heterocycles. The fourth-order valence-electron chi connectivity index (χ4n) is 2.10. The molecule has 0 spiro atoms. The Morgan fingerprint density at radius 3 is 2.64 bits per heavy atom. The molecule has 2 unspecified atom stereocenters. The number of halogens is 2. The van der Waals surface area contributed by atoms with Gasteiger partial charge >= 0.3 is 6.09 Å². The average Bonchev–Trinajstić information content (AvgIpc) is 2.98. The van der Waals surface area contributed by atoms with Crippen molar-refractivity contribution in [3.63, 3.8) is 0 Å². The molecule has 0 aliphatic rings. The molecule has 0 aliphatic heterocycles. The summed E-state index contributed by atoms with van der Waals surface area (Å²) in [6.45, 7) is 3.02. The van der Waals surface area contributed by atoms with Crippen LogP contribution in [-0.2, 0) is 4.74 Å². The molecule has 2 aromatic rings. The molecule has 1 amide bonds. The van der Waals surface area contributed by atoms with Gasteiger partial charge in [-0.3, -0.25) is 0 Å². The minimum absolute atomic E-state index is 0.0232. The Hall–Kier alpha value is -2.13. The first-order chi connectivity index (χ1) is 11.8. The molecule has 0 fully saturated rings. The molecule has 0 aliphatic carbocycles. The van der Waals surface area contributed by atoms with Crippen molar-refractivity contribution in [3.05, 3.63) is 50.6 Å². The number of thiazole rings is 1. The van der Waals surface area contributed by atoms with Crippen LogP contribution < -0.4 is 5.32 Å². The van der Waals surface area contributed by atoms with E-state index in [-0.39, 0.29) is 17.0 Å². The molecule has 3 N–H and O–H groups in total. The molecule has 2 rings (SSSR count). The summed E-state index contributed by atoms with van der Waals surface area (Å²) in [6.07, 6.45) is -1.65. The minimum Gasteiger partial charge on any atom is -0.442 e. The second kappa shape index (κ2) is 8.30. The van der Waals surface area contributed by atoms with E-state index < -0.39 is 24.1 Å². The van der Waals surface area contributed by atoms with Crippen molar-refractivity contribution >= 4 is 44.8 Å². The van der Waals surface area contributed by atoms with Crippen LogP contribution in [0.25, 0.3) is 0 Å². The lowest BCUT2D eigenvalue weighted by Crippen LogP contribution is -2.46. The van der Waals surface area contributed by atoms with Crippen LogP contribution in [0.3, 0.4) is 0 Å². The Balaban J connectivity index is 2.07. The second-order valence-corrected chi connectivity index (χ2v) is 7.36. The summed E-state index contributed by atoms with van der Waals surface area (Å²) in [7, 11) is 0. The molecule has 1 aromatic heterocycles. The molecule has 25 heavy (non-hydrogen) atoms. The van der Waals surface area contributed by atoms with Crippen molar-refractivity contribution in [3.8, 4) is 0 Å². The molecule has 132 valence electrons. The van der Waals surface area contributed by atoms with E-state index in [1.807, 2.05) is 0 Å². The maximum atomic E-state index is 13.7. The van der Waals surface area contributed by atoms with Gasteiger partial charge in [0.1, 0.15) is 18.0 Å². The Labute approximate surface area is 156 Å². The number of alkyl carbamates (subject to hydrolysis) is 1. The SMILES string of the molecule is CC(=N)C(NC(=O)OC(C)c1ccccc1F)C(=N)c1csc(Br)n1. The van der Waals surface area contributed by atoms with Gasteiger partial charge in [-0.2, -0.15) is 0 Å². The van der Waals surface area contributed by atoms with Crippen LogP contribution in [-0.4, -0.2) is 28.5 Å². The van der Waals surface area contributed by atoms with Crippen LogP contribution in [0.5, 0.6) is 0 Å². The summed E-state index contributed by atoms with van der Waals surface area (Å²) in [5.74, 6) is -0.470. The van der Waals surface area contributed by atoms with Gasteiger partial charge in [0.25, 0.3) is 0 Å². The highest BCUT2D eigenvalue weighted by molar-refractivity contribution is 9.11. The number of ether oxygens (including phenoxy) is 1. The topological polar surface area (TPSA) is 98.9 Å². The third-order valence-corrected chi connectivity index (χ3v) is 4.73. The number of aromatic nitrogens is 1. The number of hydrogen-bond donors (Lipinski definition) is 3. The van der Waals surface area contributed by atoms with Crippen molar-refractivity contribution < 1.29 is 13.9 Å². The number of amides is 1. The van der Waals surface area contributed by atoms with Gasteiger partial charge in [0.05, 0.1) is 11.4 Å². The van der Waals surface area contributed by atoms with E-state index in [1.54, 1.807) is 24.4 Å². The van der Waals surface area contributed by atoms with Crippen LogP contribution in [0.15, 0.2) is 33.6 Å². The largest absolute Gasteiger partial charge is 0.442 e. The Morgan fingerprint density at radius 1 is 1.40 bits per heavy atom. The predicted octanol–water partition coefficient (Wildman–Crippen LogP) is 4.31. The van der Waals surface area contributed by atoms with E-state index in [9.17, 15) is 9.18 Å². The molecular weight excluding hydrogens is 411 g/mol. The monoisotopic (exact) mass is 426 g/mol. The zero-order chi connectivity index (χ0) is 18.6. The summed E-state index contributed by atoms with van der Waals surface area (Å²) in [5.41, 5.74) is 0.643. The molecule has 0 radical (unpaired) electrons. The first-order valence-electron chi connectivity index (χ1n) is 7.26. The van der Waals surface area contributed by atoms with Crippen molar-refractivity contribution in [2.75, 3.05) is 0 Å². The summed E-state index contributed by atoms with van der Waals surface area (Å²) in [5, 5.41) is 20.1. The number of nitrogens with one attached hydrogen (secondary N) is 3. The summed E-state index contributed by atoms with van der Waals surface area (Å²) >= 11 is 4.51. The smallest absolute Gasteiger partial charge is 0.408 e. The third-order valence-electron chi connectivity index (χ3n) is 3.36. The van der Waals surface area contributed by atoms with E-state index in [4.69, 9.17) is 15.6 Å². The molecule has 6 nitrogen and oxygen atoms in total. The van der Waals surface area contributed by atoms with Crippen molar-refractivity contribution in [1.29, 1.82) is 10.8 Å². The van der Waals surface area contributed by atoms with E-state index in [0.717, 1.165) is 0 Å². The highest BCUT2D eigenvalue weighted by Crippen LogP contribution is 2.20. The number of carbonyl (C=O) groups excluding carboxylic acids is 1. The number of hydrogen-bond acceptors (Lipinski definition) is 6. The molecule has 0 saturated heterocycles. The van der Waals surface area contributed by atoms with Gasteiger partial charge in [0.2, 0.25) is 0 Å². The molecular formula is C16H16BrFN4O2S. The summed E-state index contributed by atoms with van der Waals surface area (Å²) < 4.78 is 19.5. The van der Waals surface area contributed by atoms with Crippen molar-refractivity contribution in [2.24, 2.45) is 0 Å². The van der Waals surface area contributed by atoms with Gasteiger partial charge in [-0.05, 0) is 35.8 Å². The molecule has 0 saturated carbocycles. The lowest BCUT2D eigenvalue weighted by molar-refractivity contribution is 0.105. The first-order valence-corrected chi connectivity index (χ1v) is 8.93. The fourth-order valence-corrected chi connectivity index (χ4v) is 3.11. The fraction of sp³-hybridized carbons (Fsp3) is 0.250. The summed E-state index contributed by atoms with van der Waals surface area (Å²) in [6, 6.07) is 5.04. The number of rotatable bonds is 6. The van der Waals surface area contributed by atoms with Gasteiger partial charge in [-0.25, -0.2) is 14.2 Å². The van der Waals surface area contributed by atoms with Crippen LogP contribution in [0.2, 0.25) is 0 Å². The second-order valence-electron chi connectivity index (χ2n) is 5.23. The average molecular weight is 427 g/mol. The Kier molecular flexibility index (Phi) is 6.38. The maximum Gasteiger partial charge on any atom is 0.408 e. The standard InChI is InChI=1S/C16H16BrFN4O2S/c1-8(19)14(13(20)12-7-25-15(17)21-12)22-16(23)24-9(2)10-5-3-4-6-11(10)18/h3-7,9,14,19-20H,1-2H3,(H,22,23). The van der Waals surface area contributed by atoms with Gasteiger partial charge < -0.3 is 20.9 Å². The number of carbonyl (C=O) groups is 1. The van der Waals surface area contributed by atoms with E-state index in [1.165, 1.54) is 30.4 Å². The van der Waals surface area contributed by atoms with Gasteiger partial charge in [0.15, 0.2) is 3.92 Å². The van der Waals surface area contributed by atoms with Crippen molar-refractivity contribution in [1.82, 2.24) is 10.3 Å². The highest BCUT2D eigenvalue weighted by atomic mass is 79.9. The lowest BCUT2D eigenvalue weighted by Gasteiger charge is -2.20. The summed E-state index contributed by atoms with van der Waals surface area (Å²) in [4.78, 5) is 16.2. The van der Waals surface area contributed by atoms with Crippen LogP contribution in [0, 0.1) is 16.6 Å². The van der Waals surface area contributed by atoms with Crippen LogP contribution in [0.1, 0.15) is 31.2 Å². The first kappa shape index (κ1) is 19.2. The van der Waals surface area contributed by atoms with Crippen LogP contribution >= 0.6 is 27.3 Å². The molecule has 1 aromatic carbocycles. The van der Waals surface area contributed by atoms with Crippen molar-refractivity contribution in [2.45, 2.75) is 26.0 Å². The quantitative estimate of drug-likeness (QED) is 0.599. The highest BCUT2D eigenvalue weighted by Gasteiger charge is 2.25. The Morgan fingerprint density at radius 2 is 2.08 bits per heavy atom. The third kappa shape index (κ3) is 4.93. The number of nitrogens with zero attached hydrogens (tertiary/aromatic N) is 1. The Bertz CT molecular complexity index is 811. The van der Waals surface area contributed by atoms with E-state index in [0.29, 0.717) is 9.61 Å². The van der Waals surface area contributed by atoms with E-state index in [2.05, 4.69) is 26.2 Å². The normalized spacial score (nSPS) is 13.0. The zero-order valence-corrected chi connectivity index (χ0v) is 15.9. The molecule has 9 heteroatoms. The van der Waals surface area contributed by atoms with Gasteiger partial charge in [0, 0.05) is 16.7 Å². The van der Waals surface area contributed by atoms with E-state index >= 15 is 0 Å². The number of benzene rings is 1. The van der Waals surface area contributed by atoms with Gasteiger partial charge in [-0.1, -0.05) is 18.2 Å². The minimum atomic E-state index is -0.977. The molecule has 2 atom stereocenters. The van der Waals surface area contributed by atoms with Gasteiger partial charge in [-0.15, -0.1) is 11.3 Å². The zero-order valence-electron chi connectivity index (χ0n) is 13.5. The molecule has 0 bridgehead atoms. The maximum absolute atomic E-state index is 13.7.